The molecule has 2 rings (SSSR count). The molecule has 0 radical (unpaired) electrons. The molecule has 1 fully saturated rings. The summed E-state index contributed by atoms with van der Waals surface area (Å²) in [6, 6.07) is 2.80. The number of furan rings is 1. The smallest absolute Gasteiger partial charge is 0.122 e. The molecule has 0 aliphatic carbocycles. The minimum absolute atomic E-state index is 0.660. The summed E-state index contributed by atoms with van der Waals surface area (Å²) in [5.74, 6) is 3.36. The monoisotopic (exact) mass is 292 g/mol. The predicted molar refractivity (Wildman–Crippen MR) is 88.1 cm³/mol. The maximum absolute atomic E-state index is 5.69. The van der Waals surface area contributed by atoms with Crippen molar-refractivity contribution in [3.05, 3.63) is 23.7 Å². The van der Waals surface area contributed by atoms with E-state index in [0.29, 0.717) is 12.0 Å². The fourth-order valence-corrected chi connectivity index (χ4v) is 3.40. The normalized spacial score (nSPS) is 27.4. The molecule has 1 aliphatic heterocycles. The molecule has 1 aliphatic rings. The third-order valence-corrected chi connectivity index (χ3v) is 4.77. The van der Waals surface area contributed by atoms with Crippen molar-refractivity contribution in [1.82, 2.24) is 10.2 Å². The third kappa shape index (κ3) is 4.58. The summed E-state index contributed by atoms with van der Waals surface area (Å²) in [6.07, 6.45) is 3.19. The van der Waals surface area contributed by atoms with Crippen molar-refractivity contribution in [1.29, 1.82) is 0 Å². The second-order valence-corrected chi connectivity index (χ2v) is 7.38. The molecule has 21 heavy (non-hydrogen) atoms. The quantitative estimate of drug-likeness (QED) is 0.862. The van der Waals surface area contributed by atoms with Crippen LogP contribution in [0.2, 0.25) is 0 Å². The van der Waals surface area contributed by atoms with Crippen LogP contribution in [0.25, 0.3) is 0 Å². The molecule has 1 aromatic heterocycles. The first-order valence-electron chi connectivity index (χ1n) is 8.47. The van der Waals surface area contributed by atoms with Crippen LogP contribution in [-0.4, -0.2) is 24.0 Å². The van der Waals surface area contributed by atoms with Gasteiger partial charge in [0.1, 0.15) is 5.76 Å². The van der Waals surface area contributed by atoms with Crippen molar-refractivity contribution in [2.45, 2.75) is 60.2 Å². The van der Waals surface area contributed by atoms with E-state index < -0.39 is 0 Å². The third-order valence-electron chi connectivity index (χ3n) is 4.77. The van der Waals surface area contributed by atoms with Crippen LogP contribution in [0, 0.1) is 17.8 Å². The second kappa shape index (κ2) is 7.46. The second-order valence-electron chi connectivity index (χ2n) is 7.38. The SMILES string of the molecule is CC(C)CNCc1occc1CN1CC(C)CC(C)C1C. The van der Waals surface area contributed by atoms with Gasteiger partial charge in [0.2, 0.25) is 0 Å². The van der Waals surface area contributed by atoms with Crippen molar-refractivity contribution >= 4 is 0 Å². The van der Waals surface area contributed by atoms with Gasteiger partial charge >= 0.3 is 0 Å². The number of piperidine rings is 1. The van der Waals surface area contributed by atoms with Crippen molar-refractivity contribution < 1.29 is 4.42 Å². The predicted octanol–water partition coefficient (Wildman–Crippen LogP) is 3.89. The van der Waals surface area contributed by atoms with Gasteiger partial charge < -0.3 is 9.73 Å². The van der Waals surface area contributed by atoms with Crippen LogP contribution in [0.15, 0.2) is 16.7 Å². The Hall–Kier alpha value is -0.800. The van der Waals surface area contributed by atoms with Gasteiger partial charge in [0.25, 0.3) is 0 Å². The highest BCUT2D eigenvalue weighted by atomic mass is 16.3. The zero-order valence-electron chi connectivity index (χ0n) is 14.4. The van der Waals surface area contributed by atoms with Crippen molar-refractivity contribution in [2.24, 2.45) is 17.8 Å². The molecule has 0 saturated carbocycles. The Balaban J connectivity index is 1.94. The number of nitrogens with one attached hydrogen (secondary N) is 1. The van der Waals surface area contributed by atoms with Gasteiger partial charge in [0.15, 0.2) is 0 Å². The number of hydrogen-bond donors (Lipinski definition) is 1. The van der Waals surface area contributed by atoms with E-state index in [0.717, 1.165) is 37.2 Å². The average molecular weight is 292 g/mol. The number of likely N-dealkylation sites (tertiary alicyclic amines) is 1. The van der Waals surface area contributed by atoms with E-state index in [9.17, 15) is 0 Å². The highest BCUT2D eigenvalue weighted by Gasteiger charge is 2.29. The van der Waals surface area contributed by atoms with Crippen LogP contribution in [0.4, 0.5) is 0 Å². The Bertz CT molecular complexity index is 427. The van der Waals surface area contributed by atoms with Gasteiger partial charge in [0.05, 0.1) is 12.8 Å². The Morgan fingerprint density at radius 3 is 2.81 bits per heavy atom. The number of hydrogen-bond acceptors (Lipinski definition) is 3. The summed E-state index contributed by atoms with van der Waals surface area (Å²) in [6.45, 7) is 15.7. The van der Waals surface area contributed by atoms with E-state index in [4.69, 9.17) is 4.42 Å². The fourth-order valence-electron chi connectivity index (χ4n) is 3.40. The van der Waals surface area contributed by atoms with E-state index in [-0.39, 0.29) is 0 Å². The lowest BCUT2D eigenvalue weighted by molar-refractivity contribution is 0.0724. The van der Waals surface area contributed by atoms with Gasteiger partial charge in [-0.2, -0.15) is 0 Å². The molecule has 3 heteroatoms. The first-order chi connectivity index (χ1) is 9.97. The minimum Gasteiger partial charge on any atom is -0.468 e. The molecule has 3 atom stereocenters. The molecule has 0 aromatic carbocycles. The molecule has 0 spiro atoms. The van der Waals surface area contributed by atoms with Gasteiger partial charge in [-0.15, -0.1) is 0 Å². The summed E-state index contributed by atoms with van der Waals surface area (Å²) in [5.41, 5.74) is 1.35. The standard InChI is InChI=1S/C18H32N2O/c1-13(2)9-19-10-18-17(6-7-21-18)12-20-11-14(3)8-15(4)16(20)5/h6-7,13-16,19H,8-12H2,1-5H3. The highest BCUT2D eigenvalue weighted by Crippen LogP contribution is 2.28. The van der Waals surface area contributed by atoms with Gasteiger partial charge in [-0.25, -0.2) is 0 Å². The van der Waals surface area contributed by atoms with E-state index >= 15 is 0 Å². The molecule has 2 heterocycles. The Kier molecular flexibility index (Phi) is 5.88. The van der Waals surface area contributed by atoms with Gasteiger partial charge in [-0.1, -0.05) is 27.7 Å². The van der Waals surface area contributed by atoms with Gasteiger partial charge in [-0.3, -0.25) is 4.90 Å². The zero-order chi connectivity index (χ0) is 15.4. The van der Waals surface area contributed by atoms with Gasteiger partial charge in [0, 0.05) is 24.7 Å². The number of nitrogens with zero attached hydrogens (tertiary/aromatic N) is 1. The molecule has 120 valence electrons. The van der Waals surface area contributed by atoms with Crippen LogP contribution >= 0.6 is 0 Å². The van der Waals surface area contributed by atoms with E-state index in [1.807, 2.05) is 6.26 Å². The van der Waals surface area contributed by atoms with E-state index in [1.54, 1.807) is 0 Å². The first kappa shape index (κ1) is 16.6. The lowest BCUT2D eigenvalue weighted by atomic mass is 9.86. The van der Waals surface area contributed by atoms with Gasteiger partial charge in [-0.05, 0) is 43.7 Å². The fraction of sp³-hybridized carbons (Fsp3) is 0.778. The Morgan fingerprint density at radius 2 is 2.10 bits per heavy atom. The van der Waals surface area contributed by atoms with Crippen LogP contribution in [0.1, 0.15) is 52.4 Å². The molecule has 1 aromatic rings. The summed E-state index contributed by atoms with van der Waals surface area (Å²) >= 11 is 0. The van der Waals surface area contributed by atoms with Crippen LogP contribution in [-0.2, 0) is 13.1 Å². The van der Waals surface area contributed by atoms with E-state index in [2.05, 4.69) is 50.9 Å². The Morgan fingerprint density at radius 1 is 1.33 bits per heavy atom. The first-order valence-corrected chi connectivity index (χ1v) is 8.47. The molecule has 1 N–H and O–H groups in total. The van der Waals surface area contributed by atoms with E-state index in [1.165, 1.54) is 18.5 Å². The molecular weight excluding hydrogens is 260 g/mol. The molecule has 0 bridgehead atoms. The summed E-state index contributed by atoms with van der Waals surface area (Å²) in [4.78, 5) is 2.62. The van der Waals surface area contributed by atoms with Crippen molar-refractivity contribution in [3.63, 3.8) is 0 Å². The van der Waals surface area contributed by atoms with Crippen LogP contribution in [0.3, 0.4) is 0 Å². The Labute approximate surface area is 130 Å². The zero-order valence-corrected chi connectivity index (χ0v) is 14.4. The number of rotatable bonds is 6. The molecule has 0 amide bonds. The maximum Gasteiger partial charge on any atom is 0.122 e. The molecule has 3 nitrogen and oxygen atoms in total. The highest BCUT2D eigenvalue weighted by molar-refractivity contribution is 5.17. The lowest BCUT2D eigenvalue weighted by Gasteiger charge is -2.41. The van der Waals surface area contributed by atoms with Crippen molar-refractivity contribution in [3.8, 4) is 0 Å². The maximum atomic E-state index is 5.69. The largest absolute Gasteiger partial charge is 0.468 e. The summed E-state index contributed by atoms with van der Waals surface area (Å²) in [5, 5.41) is 3.48. The topological polar surface area (TPSA) is 28.4 Å². The minimum atomic E-state index is 0.660. The summed E-state index contributed by atoms with van der Waals surface area (Å²) in [7, 11) is 0. The lowest BCUT2D eigenvalue weighted by Crippen LogP contribution is -2.45. The molecule has 3 unspecified atom stereocenters. The van der Waals surface area contributed by atoms with Crippen molar-refractivity contribution in [2.75, 3.05) is 13.1 Å². The van der Waals surface area contributed by atoms with Crippen LogP contribution < -0.4 is 5.32 Å². The molecular formula is C18H32N2O. The summed E-state index contributed by atoms with van der Waals surface area (Å²) < 4.78 is 5.69. The average Bonchev–Trinajstić information content (AvgIpc) is 2.82. The molecule has 1 saturated heterocycles. The van der Waals surface area contributed by atoms with Crippen LogP contribution in [0.5, 0.6) is 0 Å².